The first kappa shape index (κ1) is 21.6. The van der Waals surface area contributed by atoms with Crippen LogP contribution in [-0.2, 0) is 11.2 Å². The number of nitro benzene ring substituents is 1. The van der Waals surface area contributed by atoms with Crippen LogP contribution in [0.3, 0.4) is 0 Å². The van der Waals surface area contributed by atoms with Crippen molar-refractivity contribution < 1.29 is 14.5 Å². The van der Waals surface area contributed by atoms with Crippen LogP contribution in [-0.4, -0.2) is 56.0 Å². The topological polar surface area (TPSA) is 110 Å². The van der Waals surface area contributed by atoms with Gasteiger partial charge in [-0.25, -0.2) is 4.68 Å². The zero-order valence-electron chi connectivity index (χ0n) is 17.1. The molecule has 1 saturated heterocycles. The highest BCUT2D eigenvalue weighted by Gasteiger charge is 2.17. The number of hydrogen-bond acceptors (Lipinski definition) is 6. The van der Waals surface area contributed by atoms with E-state index in [9.17, 15) is 19.7 Å². The summed E-state index contributed by atoms with van der Waals surface area (Å²) in [6.07, 6.45) is 3.34. The molecule has 1 aliphatic heterocycles. The predicted molar refractivity (Wildman–Crippen MR) is 122 cm³/mol. The van der Waals surface area contributed by atoms with Gasteiger partial charge in [0.15, 0.2) is 0 Å². The minimum absolute atomic E-state index is 0.0149. The van der Waals surface area contributed by atoms with E-state index in [0.717, 1.165) is 30.2 Å². The quantitative estimate of drug-likeness (QED) is 0.455. The van der Waals surface area contributed by atoms with Gasteiger partial charge in [-0.3, -0.25) is 19.7 Å². The predicted octanol–water partition coefficient (Wildman–Crippen LogP) is 3.15. The molecule has 0 bridgehead atoms. The summed E-state index contributed by atoms with van der Waals surface area (Å²) in [5, 5.41) is 17.7. The minimum atomic E-state index is -0.472. The van der Waals surface area contributed by atoms with Crippen LogP contribution in [0.1, 0.15) is 15.9 Å². The van der Waals surface area contributed by atoms with Crippen LogP contribution in [0.4, 0.5) is 11.4 Å². The van der Waals surface area contributed by atoms with E-state index >= 15 is 0 Å². The Morgan fingerprint density at radius 2 is 1.75 bits per heavy atom. The highest BCUT2D eigenvalue weighted by Crippen LogP contribution is 2.17. The van der Waals surface area contributed by atoms with E-state index in [1.807, 2.05) is 28.8 Å². The number of carbonyl (C=O) groups excluding carboxylic acids is 2. The van der Waals surface area contributed by atoms with Crippen LogP contribution in [0, 0.1) is 10.1 Å². The number of carbonyl (C=O) groups is 2. The second kappa shape index (κ2) is 9.65. The van der Waals surface area contributed by atoms with E-state index in [1.54, 1.807) is 30.5 Å². The molecule has 9 nitrogen and oxygen atoms in total. The molecule has 1 aromatic heterocycles. The van der Waals surface area contributed by atoms with Crippen molar-refractivity contribution in [3.05, 3.63) is 82.2 Å². The smallest absolute Gasteiger partial charge is 0.269 e. The highest BCUT2D eigenvalue weighted by molar-refractivity contribution is 7.99. The monoisotopic (exact) mass is 451 g/mol. The Kier molecular flexibility index (Phi) is 6.50. The van der Waals surface area contributed by atoms with Gasteiger partial charge in [0.1, 0.15) is 0 Å². The van der Waals surface area contributed by atoms with Crippen LogP contribution >= 0.6 is 11.8 Å². The number of anilines is 1. The lowest BCUT2D eigenvalue weighted by molar-refractivity contribution is -0.384. The van der Waals surface area contributed by atoms with Gasteiger partial charge in [-0.05, 0) is 29.8 Å². The number of nitro groups is 1. The number of amides is 2. The lowest BCUT2D eigenvalue weighted by Gasteiger charge is -2.26. The van der Waals surface area contributed by atoms with E-state index in [0.29, 0.717) is 23.4 Å². The molecule has 1 fully saturated rings. The van der Waals surface area contributed by atoms with Gasteiger partial charge in [0.05, 0.1) is 28.8 Å². The number of nitrogens with zero attached hydrogens (tertiary/aromatic N) is 4. The van der Waals surface area contributed by atoms with Crippen molar-refractivity contribution in [3.8, 4) is 5.69 Å². The van der Waals surface area contributed by atoms with Gasteiger partial charge in [0.2, 0.25) is 5.91 Å². The molecule has 4 rings (SSSR count). The molecule has 2 aromatic carbocycles. The molecule has 2 heterocycles. The number of benzene rings is 2. The summed E-state index contributed by atoms with van der Waals surface area (Å²) >= 11 is 1.87. The first-order chi connectivity index (χ1) is 15.5. The number of nitrogens with one attached hydrogen (secondary N) is 1. The molecular weight excluding hydrogens is 430 g/mol. The van der Waals surface area contributed by atoms with Gasteiger partial charge in [-0.2, -0.15) is 16.9 Å². The lowest BCUT2D eigenvalue weighted by atomic mass is 10.1. The van der Waals surface area contributed by atoms with Crippen molar-refractivity contribution in [3.63, 3.8) is 0 Å². The molecule has 0 unspecified atom stereocenters. The first-order valence-corrected chi connectivity index (χ1v) is 11.2. The van der Waals surface area contributed by atoms with Crippen molar-refractivity contribution in [1.29, 1.82) is 0 Å². The van der Waals surface area contributed by atoms with E-state index in [4.69, 9.17) is 0 Å². The van der Waals surface area contributed by atoms with E-state index in [-0.39, 0.29) is 17.5 Å². The third-order valence-electron chi connectivity index (χ3n) is 5.10. The largest absolute Gasteiger partial charge is 0.341 e. The van der Waals surface area contributed by atoms with Crippen molar-refractivity contribution in [2.24, 2.45) is 0 Å². The number of thioether (sulfide) groups is 1. The van der Waals surface area contributed by atoms with Gasteiger partial charge in [0, 0.05) is 48.6 Å². The normalized spacial score (nSPS) is 13.6. The third-order valence-corrected chi connectivity index (χ3v) is 6.04. The zero-order valence-corrected chi connectivity index (χ0v) is 18.0. The van der Waals surface area contributed by atoms with Crippen molar-refractivity contribution >= 4 is 35.0 Å². The molecule has 0 spiro atoms. The Morgan fingerprint density at radius 3 is 2.41 bits per heavy atom. The molecule has 164 valence electrons. The maximum absolute atomic E-state index is 12.6. The molecular formula is C22H21N5O4S. The summed E-state index contributed by atoms with van der Waals surface area (Å²) in [5.41, 5.74) is 2.46. The Hall–Kier alpha value is -3.66. The van der Waals surface area contributed by atoms with Crippen LogP contribution < -0.4 is 5.32 Å². The van der Waals surface area contributed by atoms with Crippen molar-refractivity contribution in [1.82, 2.24) is 14.7 Å². The molecule has 0 aliphatic carbocycles. The molecule has 10 heteroatoms. The van der Waals surface area contributed by atoms with E-state index in [2.05, 4.69) is 10.4 Å². The maximum Gasteiger partial charge on any atom is 0.269 e. The Labute approximate surface area is 188 Å². The lowest BCUT2D eigenvalue weighted by Crippen LogP contribution is -2.38. The highest BCUT2D eigenvalue weighted by atomic mass is 32.2. The van der Waals surface area contributed by atoms with Crippen LogP contribution in [0.5, 0.6) is 0 Å². The molecule has 2 amide bonds. The minimum Gasteiger partial charge on any atom is -0.341 e. The zero-order chi connectivity index (χ0) is 22.5. The average molecular weight is 452 g/mol. The molecule has 0 radical (unpaired) electrons. The van der Waals surface area contributed by atoms with Crippen LogP contribution in [0.2, 0.25) is 0 Å². The summed E-state index contributed by atoms with van der Waals surface area (Å²) in [6, 6.07) is 13.1. The molecule has 1 N–H and O–H groups in total. The fraction of sp³-hybridized carbons (Fsp3) is 0.227. The molecule has 1 aliphatic rings. The van der Waals surface area contributed by atoms with Gasteiger partial charge >= 0.3 is 0 Å². The van der Waals surface area contributed by atoms with Crippen LogP contribution in [0.25, 0.3) is 5.69 Å². The van der Waals surface area contributed by atoms with Crippen LogP contribution in [0.15, 0.2) is 60.9 Å². The first-order valence-electron chi connectivity index (χ1n) is 10.0. The third kappa shape index (κ3) is 5.14. The van der Waals surface area contributed by atoms with Crippen molar-refractivity contribution in [2.45, 2.75) is 6.42 Å². The SMILES string of the molecule is O=C(Nc1ccc(CC(=O)N2CCSCC2)cc1)c1cnn(-c2ccc([N+](=O)[O-])cc2)c1. The Balaban J connectivity index is 1.35. The van der Waals surface area contributed by atoms with Gasteiger partial charge < -0.3 is 10.2 Å². The van der Waals surface area contributed by atoms with Gasteiger partial charge in [-0.15, -0.1) is 0 Å². The fourth-order valence-corrected chi connectivity index (χ4v) is 4.22. The number of rotatable bonds is 6. The summed E-state index contributed by atoms with van der Waals surface area (Å²) in [7, 11) is 0. The van der Waals surface area contributed by atoms with Crippen molar-refractivity contribution in [2.75, 3.05) is 29.9 Å². The second-order valence-electron chi connectivity index (χ2n) is 7.27. The standard InChI is InChI=1S/C22H21N5O4S/c28-21(25-9-11-32-12-10-25)13-16-1-3-18(4-2-16)24-22(29)17-14-23-26(15-17)19-5-7-20(8-6-19)27(30)31/h1-8,14-15H,9-13H2,(H,24,29). The summed E-state index contributed by atoms with van der Waals surface area (Å²) < 4.78 is 1.48. The number of non-ortho nitro benzene ring substituents is 1. The average Bonchev–Trinajstić information content (AvgIpc) is 3.31. The number of hydrogen-bond donors (Lipinski definition) is 1. The Bertz CT molecular complexity index is 1120. The summed E-state index contributed by atoms with van der Waals surface area (Å²) in [4.78, 5) is 37.1. The van der Waals surface area contributed by atoms with E-state index < -0.39 is 4.92 Å². The maximum atomic E-state index is 12.6. The Morgan fingerprint density at radius 1 is 1.06 bits per heavy atom. The summed E-state index contributed by atoms with van der Waals surface area (Å²) in [5.74, 6) is 1.77. The molecule has 0 atom stereocenters. The second-order valence-corrected chi connectivity index (χ2v) is 8.49. The summed E-state index contributed by atoms with van der Waals surface area (Å²) in [6.45, 7) is 1.59. The van der Waals surface area contributed by atoms with Gasteiger partial charge in [-0.1, -0.05) is 12.1 Å². The van der Waals surface area contributed by atoms with Gasteiger partial charge in [0.25, 0.3) is 11.6 Å². The fourth-order valence-electron chi connectivity index (χ4n) is 3.32. The molecule has 32 heavy (non-hydrogen) atoms. The molecule has 0 saturated carbocycles. The number of aromatic nitrogens is 2. The van der Waals surface area contributed by atoms with E-state index in [1.165, 1.54) is 23.0 Å². The molecule has 3 aromatic rings.